The van der Waals surface area contributed by atoms with Gasteiger partial charge in [0.15, 0.2) is 0 Å². The first kappa shape index (κ1) is 27.7. The zero-order valence-electron chi connectivity index (χ0n) is 19.8. The van der Waals surface area contributed by atoms with Crippen molar-refractivity contribution in [2.45, 2.75) is 40.5 Å². The molecule has 0 saturated carbocycles. The van der Waals surface area contributed by atoms with Crippen LogP contribution in [0.2, 0.25) is 0 Å². The summed E-state index contributed by atoms with van der Waals surface area (Å²) < 4.78 is 0. The number of nitrogens with one attached hydrogen (secondary N) is 1. The summed E-state index contributed by atoms with van der Waals surface area (Å²) in [6.45, 7) is 24.2. The maximum absolute atomic E-state index is 4.19. The van der Waals surface area contributed by atoms with Gasteiger partial charge in [-0.05, 0) is 68.1 Å². The third-order valence-electron chi connectivity index (χ3n) is 4.49. The molecule has 0 fully saturated rings. The van der Waals surface area contributed by atoms with E-state index in [2.05, 4.69) is 68.9 Å². The van der Waals surface area contributed by atoms with Gasteiger partial charge >= 0.3 is 0 Å². The summed E-state index contributed by atoms with van der Waals surface area (Å²) in [6, 6.07) is 0. The molecule has 0 bridgehead atoms. The minimum Gasteiger partial charge on any atom is -0.361 e. The quantitative estimate of drug-likeness (QED) is 0.281. The average Bonchev–Trinajstić information content (AvgIpc) is 2.78. The maximum atomic E-state index is 4.19. The van der Waals surface area contributed by atoms with Crippen LogP contribution < -0.4 is 5.32 Å². The van der Waals surface area contributed by atoms with E-state index >= 15 is 0 Å². The van der Waals surface area contributed by atoms with Crippen LogP contribution in [-0.4, -0.2) is 0 Å². The van der Waals surface area contributed by atoms with Gasteiger partial charge in [0.1, 0.15) is 0 Å². The highest BCUT2D eigenvalue weighted by Gasteiger charge is 2.00. The Labute approximate surface area is 191 Å². The van der Waals surface area contributed by atoms with Gasteiger partial charge in [0.2, 0.25) is 0 Å². The first-order valence-corrected chi connectivity index (χ1v) is 10.7. The molecular weight excluding hydrogens is 374 g/mol. The smallest absolute Gasteiger partial charge is 0.0411 e. The second-order valence-electron chi connectivity index (χ2n) is 6.88. The van der Waals surface area contributed by atoms with Crippen LogP contribution in [0.25, 0.3) is 0 Å². The van der Waals surface area contributed by atoms with Gasteiger partial charge in [0.05, 0.1) is 0 Å². The van der Waals surface area contributed by atoms with Crippen molar-refractivity contribution in [1.82, 2.24) is 5.32 Å². The van der Waals surface area contributed by atoms with E-state index in [1.807, 2.05) is 69.5 Å². The second kappa shape index (κ2) is 17.5. The molecule has 31 heavy (non-hydrogen) atoms. The number of hydrogen-bond acceptors (Lipinski definition) is 1. The standard InChI is InChI=1S/C30H39N/c1-9-13-19-25(5)26(6)22-23-27(7)28(8)30(18-11-3)31-24-17-15-16-21-29(12-4)20-14-10-2/h9-11,13-20,22-24,31H,1,5-7,12,21H2,2-4,8H3/b14-10-,16-15+,18-11-,19-13-,23-22-,24-17+,29-20-,30-28-. The Bertz CT molecular complexity index is 858. The molecule has 0 radical (unpaired) electrons. The van der Waals surface area contributed by atoms with E-state index in [1.54, 1.807) is 6.08 Å². The van der Waals surface area contributed by atoms with Crippen LogP contribution in [0.4, 0.5) is 0 Å². The zero-order valence-corrected chi connectivity index (χ0v) is 19.8. The van der Waals surface area contributed by atoms with Gasteiger partial charge in [-0.2, -0.15) is 0 Å². The number of hydrogen-bond donors (Lipinski definition) is 1. The first-order chi connectivity index (χ1) is 14.9. The molecule has 0 atom stereocenters. The van der Waals surface area contributed by atoms with Gasteiger partial charge < -0.3 is 5.32 Å². The van der Waals surface area contributed by atoms with Gasteiger partial charge in [-0.25, -0.2) is 0 Å². The molecule has 0 rings (SSSR count). The van der Waals surface area contributed by atoms with E-state index in [4.69, 9.17) is 0 Å². The topological polar surface area (TPSA) is 12.0 Å². The lowest BCUT2D eigenvalue weighted by Gasteiger charge is -2.09. The van der Waals surface area contributed by atoms with E-state index in [1.165, 1.54) is 5.57 Å². The summed E-state index contributed by atoms with van der Waals surface area (Å²) in [7, 11) is 0. The second-order valence-corrected chi connectivity index (χ2v) is 6.88. The van der Waals surface area contributed by atoms with Gasteiger partial charge in [-0.15, -0.1) is 0 Å². The van der Waals surface area contributed by atoms with E-state index in [0.717, 1.165) is 40.8 Å². The Morgan fingerprint density at radius 3 is 2.10 bits per heavy atom. The molecule has 0 aliphatic heterocycles. The lowest BCUT2D eigenvalue weighted by Crippen LogP contribution is -2.05. The van der Waals surface area contributed by atoms with Crippen molar-refractivity contribution >= 4 is 0 Å². The van der Waals surface area contributed by atoms with Crippen LogP contribution in [0.5, 0.6) is 0 Å². The van der Waals surface area contributed by atoms with Crippen molar-refractivity contribution in [3.63, 3.8) is 0 Å². The summed E-state index contributed by atoms with van der Waals surface area (Å²) in [6.07, 6.45) is 29.9. The summed E-state index contributed by atoms with van der Waals surface area (Å²) in [5.41, 5.74) is 6.07. The fraction of sp³-hybridized carbons (Fsp3) is 0.200. The molecular formula is C30H39N. The first-order valence-electron chi connectivity index (χ1n) is 10.7. The van der Waals surface area contributed by atoms with Crippen molar-refractivity contribution in [2.24, 2.45) is 0 Å². The van der Waals surface area contributed by atoms with E-state index in [0.29, 0.717) is 0 Å². The predicted octanol–water partition coefficient (Wildman–Crippen LogP) is 8.77. The summed E-state index contributed by atoms with van der Waals surface area (Å²) >= 11 is 0. The molecule has 1 N–H and O–H groups in total. The lowest BCUT2D eigenvalue weighted by molar-refractivity contribution is 1.03. The Hall–Kier alpha value is -3.32. The van der Waals surface area contributed by atoms with Gasteiger partial charge in [-0.1, -0.05) is 106 Å². The lowest BCUT2D eigenvalue weighted by atomic mass is 10.0. The molecule has 0 amide bonds. The molecule has 0 aromatic rings. The molecule has 0 aromatic heterocycles. The molecule has 0 aromatic carbocycles. The summed E-state index contributed by atoms with van der Waals surface area (Å²) in [5.74, 6) is 0. The van der Waals surface area contributed by atoms with Crippen LogP contribution in [0.3, 0.4) is 0 Å². The fourth-order valence-electron chi connectivity index (χ4n) is 2.40. The monoisotopic (exact) mass is 413 g/mol. The van der Waals surface area contributed by atoms with Crippen LogP contribution in [0, 0.1) is 0 Å². The van der Waals surface area contributed by atoms with Crippen molar-refractivity contribution in [1.29, 1.82) is 0 Å². The van der Waals surface area contributed by atoms with Crippen LogP contribution in [0.15, 0.2) is 145 Å². The largest absolute Gasteiger partial charge is 0.361 e. The molecule has 164 valence electrons. The highest BCUT2D eigenvalue weighted by atomic mass is 14.8. The molecule has 1 heteroatoms. The third-order valence-corrected chi connectivity index (χ3v) is 4.49. The molecule has 0 heterocycles. The molecule has 0 aliphatic carbocycles. The van der Waals surface area contributed by atoms with Crippen molar-refractivity contribution in [3.8, 4) is 0 Å². The van der Waals surface area contributed by atoms with Gasteiger partial charge in [-0.3, -0.25) is 0 Å². The minimum atomic E-state index is 0.840. The van der Waals surface area contributed by atoms with E-state index < -0.39 is 0 Å². The summed E-state index contributed by atoms with van der Waals surface area (Å²) in [4.78, 5) is 0. The van der Waals surface area contributed by atoms with Crippen molar-refractivity contribution in [3.05, 3.63) is 145 Å². The van der Waals surface area contributed by atoms with Gasteiger partial charge in [0, 0.05) is 11.9 Å². The van der Waals surface area contributed by atoms with Crippen LogP contribution in [-0.2, 0) is 0 Å². The number of allylic oxidation sites excluding steroid dienone is 18. The Kier molecular flexibility index (Phi) is 15.7. The third kappa shape index (κ3) is 12.8. The Morgan fingerprint density at radius 2 is 1.48 bits per heavy atom. The SMILES string of the molecule is C=C/C=C\C(=C)C(=C)/C=C\C(=C)/C(C)=C(/C=C\C)N/C=C/C=C/C/C(=C\C=C/C)CC. The molecule has 0 spiro atoms. The van der Waals surface area contributed by atoms with Crippen LogP contribution >= 0.6 is 0 Å². The zero-order chi connectivity index (χ0) is 23.5. The molecule has 0 aliphatic rings. The van der Waals surface area contributed by atoms with Crippen molar-refractivity contribution < 1.29 is 0 Å². The highest BCUT2D eigenvalue weighted by Crippen LogP contribution is 2.16. The number of rotatable bonds is 14. The Balaban J connectivity index is 5.10. The maximum Gasteiger partial charge on any atom is 0.0411 e. The normalized spacial score (nSPS) is 13.9. The fourth-order valence-corrected chi connectivity index (χ4v) is 2.40. The predicted molar refractivity (Wildman–Crippen MR) is 143 cm³/mol. The molecule has 0 saturated heterocycles. The van der Waals surface area contributed by atoms with E-state index in [-0.39, 0.29) is 0 Å². The average molecular weight is 414 g/mol. The highest BCUT2D eigenvalue weighted by molar-refractivity contribution is 5.49. The van der Waals surface area contributed by atoms with Gasteiger partial charge in [0.25, 0.3) is 0 Å². The van der Waals surface area contributed by atoms with Crippen molar-refractivity contribution in [2.75, 3.05) is 0 Å². The molecule has 1 nitrogen and oxygen atoms in total. The Morgan fingerprint density at radius 1 is 0.806 bits per heavy atom. The van der Waals surface area contributed by atoms with E-state index in [9.17, 15) is 0 Å². The minimum absolute atomic E-state index is 0.840. The van der Waals surface area contributed by atoms with Crippen LogP contribution in [0.1, 0.15) is 40.5 Å². The summed E-state index contributed by atoms with van der Waals surface area (Å²) in [5, 5.41) is 3.35. The molecule has 0 unspecified atom stereocenters.